The van der Waals surface area contributed by atoms with Crippen LogP contribution in [-0.4, -0.2) is 68.2 Å². The summed E-state index contributed by atoms with van der Waals surface area (Å²) < 4.78 is 6.10. The molecule has 0 spiro atoms. The third-order valence-electron chi connectivity index (χ3n) is 6.06. The number of ether oxygens (including phenoxy) is 1. The van der Waals surface area contributed by atoms with Crippen LogP contribution in [0.25, 0.3) is 0 Å². The van der Waals surface area contributed by atoms with Gasteiger partial charge >= 0.3 is 0 Å². The molecule has 0 radical (unpaired) electrons. The molecule has 0 bridgehead atoms. The van der Waals surface area contributed by atoms with E-state index in [-0.39, 0.29) is 0 Å². The highest BCUT2D eigenvalue weighted by Crippen LogP contribution is 2.19. The van der Waals surface area contributed by atoms with Crippen LogP contribution in [-0.2, 0) is 0 Å². The SMILES string of the molecule is CN=C(NCCCCN1CCC(C)CC1)N1CCC(Oc2ccccc2)CC1. The zero-order chi connectivity index (χ0) is 19.6. The Labute approximate surface area is 171 Å². The van der Waals surface area contributed by atoms with Crippen LogP contribution in [0.2, 0.25) is 0 Å². The molecule has 28 heavy (non-hydrogen) atoms. The average Bonchev–Trinajstić information content (AvgIpc) is 2.74. The summed E-state index contributed by atoms with van der Waals surface area (Å²) >= 11 is 0. The number of guanidine groups is 1. The highest BCUT2D eigenvalue weighted by Gasteiger charge is 2.22. The normalized spacial score (nSPS) is 20.4. The number of rotatable bonds is 7. The summed E-state index contributed by atoms with van der Waals surface area (Å²) in [6.45, 7) is 9.22. The highest BCUT2D eigenvalue weighted by atomic mass is 16.5. The van der Waals surface area contributed by atoms with Crippen molar-refractivity contribution in [3.63, 3.8) is 0 Å². The van der Waals surface area contributed by atoms with Gasteiger partial charge in [-0.3, -0.25) is 4.99 Å². The lowest BCUT2D eigenvalue weighted by Gasteiger charge is -2.34. The summed E-state index contributed by atoms with van der Waals surface area (Å²) in [7, 11) is 1.89. The fourth-order valence-electron chi connectivity index (χ4n) is 4.16. The molecule has 0 aromatic heterocycles. The van der Waals surface area contributed by atoms with Gasteiger partial charge in [-0.25, -0.2) is 0 Å². The first kappa shape index (κ1) is 21.0. The van der Waals surface area contributed by atoms with E-state index in [0.717, 1.165) is 50.1 Å². The lowest BCUT2D eigenvalue weighted by molar-refractivity contribution is 0.129. The van der Waals surface area contributed by atoms with Gasteiger partial charge in [-0.15, -0.1) is 0 Å². The first-order valence-corrected chi connectivity index (χ1v) is 11.1. The molecule has 0 saturated carbocycles. The van der Waals surface area contributed by atoms with Crippen LogP contribution < -0.4 is 10.1 Å². The Hall–Kier alpha value is -1.75. The predicted octanol–water partition coefficient (Wildman–Crippen LogP) is 3.62. The fourth-order valence-corrected chi connectivity index (χ4v) is 4.16. The second-order valence-electron chi connectivity index (χ2n) is 8.32. The van der Waals surface area contributed by atoms with Gasteiger partial charge in [0.15, 0.2) is 5.96 Å². The molecule has 0 aliphatic carbocycles. The summed E-state index contributed by atoms with van der Waals surface area (Å²) in [6, 6.07) is 10.2. The average molecular weight is 387 g/mol. The molecule has 5 heteroatoms. The number of nitrogens with zero attached hydrogens (tertiary/aromatic N) is 3. The quantitative estimate of drug-likeness (QED) is 0.441. The topological polar surface area (TPSA) is 40.1 Å². The van der Waals surface area contributed by atoms with Gasteiger partial charge in [0.2, 0.25) is 0 Å². The first-order chi connectivity index (χ1) is 13.7. The number of hydrogen-bond donors (Lipinski definition) is 1. The number of unbranched alkanes of at least 4 members (excludes halogenated alkanes) is 1. The minimum atomic E-state index is 0.309. The van der Waals surface area contributed by atoms with E-state index in [1.807, 2.05) is 37.4 Å². The standard InChI is InChI=1S/C23H38N4O/c1-20-10-16-26(17-11-20)15-7-6-14-25-23(24-2)27-18-12-22(13-19-27)28-21-8-4-3-5-9-21/h3-5,8-9,20,22H,6-7,10-19H2,1-2H3,(H,24,25). The van der Waals surface area contributed by atoms with Crippen LogP contribution in [0.4, 0.5) is 0 Å². The summed E-state index contributed by atoms with van der Waals surface area (Å²) in [5.41, 5.74) is 0. The van der Waals surface area contributed by atoms with E-state index in [9.17, 15) is 0 Å². The number of aliphatic imine (C=N–C) groups is 1. The van der Waals surface area contributed by atoms with Crippen molar-refractivity contribution in [3.05, 3.63) is 30.3 Å². The van der Waals surface area contributed by atoms with E-state index in [2.05, 4.69) is 27.0 Å². The molecule has 0 unspecified atom stereocenters. The van der Waals surface area contributed by atoms with Crippen LogP contribution in [0.3, 0.4) is 0 Å². The zero-order valence-electron chi connectivity index (χ0n) is 17.8. The van der Waals surface area contributed by atoms with Crippen molar-refractivity contribution in [2.24, 2.45) is 10.9 Å². The second kappa shape index (κ2) is 11.3. The van der Waals surface area contributed by atoms with Crippen molar-refractivity contribution in [2.75, 3.05) is 46.3 Å². The molecule has 1 aromatic carbocycles. The summed E-state index contributed by atoms with van der Waals surface area (Å²) in [4.78, 5) is 9.50. The van der Waals surface area contributed by atoms with Gasteiger partial charge < -0.3 is 19.9 Å². The Balaban J connectivity index is 1.29. The molecule has 2 saturated heterocycles. The molecule has 1 aromatic rings. The molecule has 0 atom stereocenters. The third-order valence-corrected chi connectivity index (χ3v) is 6.06. The van der Waals surface area contributed by atoms with E-state index < -0.39 is 0 Å². The lowest BCUT2D eigenvalue weighted by Crippen LogP contribution is -2.47. The van der Waals surface area contributed by atoms with Gasteiger partial charge in [0.1, 0.15) is 11.9 Å². The molecule has 5 nitrogen and oxygen atoms in total. The van der Waals surface area contributed by atoms with Crippen LogP contribution >= 0.6 is 0 Å². The van der Waals surface area contributed by atoms with Crippen LogP contribution in [0.1, 0.15) is 45.4 Å². The molecule has 2 aliphatic rings. The van der Waals surface area contributed by atoms with Crippen molar-refractivity contribution in [3.8, 4) is 5.75 Å². The Morgan fingerprint density at radius 2 is 1.75 bits per heavy atom. The Bertz CT molecular complexity index is 576. The molecule has 2 fully saturated rings. The van der Waals surface area contributed by atoms with Gasteiger partial charge in [0, 0.05) is 39.5 Å². The first-order valence-electron chi connectivity index (χ1n) is 11.1. The van der Waals surface area contributed by atoms with Gasteiger partial charge in [-0.2, -0.15) is 0 Å². The highest BCUT2D eigenvalue weighted by molar-refractivity contribution is 5.79. The summed E-state index contributed by atoms with van der Waals surface area (Å²) in [6.07, 6.45) is 7.61. The number of benzene rings is 1. The van der Waals surface area contributed by atoms with E-state index in [4.69, 9.17) is 4.74 Å². The van der Waals surface area contributed by atoms with Crippen molar-refractivity contribution in [1.82, 2.24) is 15.1 Å². The molecule has 3 rings (SSSR count). The molecular weight excluding hydrogens is 348 g/mol. The van der Waals surface area contributed by atoms with E-state index in [0.29, 0.717) is 6.10 Å². The van der Waals surface area contributed by atoms with Gasteiger partial charge in [0.25, 0.3) is 0 Å². The number of hydrogen-bond acceptors (Lipinski definition) is 3. The third kappa shape index (κ3) is 6.69. The largest absolute Gasteiger partial charge is 0.490 e. The van der Waals surface area contributed by atoms with E-state index in [1.54, 1.807) is 0 Å². The zero-order valence-corrected chi connectivity index (χ0v) is 17.8. The van der Waals surface area contributed by atoms with Crippen molar-refractivity contribution in [1.29, 1.82) is 0 Å². The van der Waals surface area contributed by atoms with Crippen molar-refractivity contribution >= 4 is 5.96 Å². The maximum atomic E-state index is 6.10. The van der Waals surface area contributed by atoms with Crippen LogP contribution in [0.15, 0.2) is 35.3 Å². The minimum absolute atomic E-state index is 0.309. The van der Waals surface area contributed by atoms with E-state index >= 15 is 0 Å². The second-order valence-corrected chi connectivity index (χ2v) is 8.32. The van der Waals surface area contributed by atoms with Gasteiger partial charge in [-0.05, 0) is 63.4 Å². The minimum Gasteiger partial charge on any atom is -0.490 e. The van der Waals surface area contributed by atoms with Gasteiger partial charge in [-0.1, -0.05) is 25.1 Å². The van der Waals surface area contributed by atoms with Gasteiger partial charge in [0.05, 0.1) is 0 Å². The monoisotopic (exact) mass is 386 g/mol. The van der Waals surface area contributed by atoms with E-state index in [1.165, 1.54) is 45.3 Å². The maximum absolute atomic E-state index is 6.10. The molecule has 1 N–H and O–H groups in total. The molecule has 2 aliphatic heterocycles. The van der Waals surface area contributed by atoms with Crippen molar-refractivity contribution in [2.45, 2.75) is 51.6 Å². The maximum Gasteiger partial charge on any atom is 0.193 e. The molecule has 156 valence electrons. The molecule has 2 heterocycles. The lowest BCUT2D eigenvalue weighted by atomic mass is 9.99. The van der Waals surface area contributed by atoms with Crippen LogP contribution in [0, 0.1) is 5.92 Å². The smallest absolute Gasteiger partial charge is 0.193 e. The molecular formula is C23H38N4O. The summed E-state index contributed by atoms with van der Waals surface area (Å²) in [5, 5.41) is 3.57. The Morgan fingerprint density at radius 1 is 1.04 bits per heavy atom. The number of para-hydroxylation sites is 1. The Kier molecular flexibility index (Phi) is 8.46. The summed E-state index contributed by atoms with van der Waals surface area (Å²) in [5.74, 6) is 2.94. The predicted molar refractivity (Wildman–Crippen MR) is 117 cm³/mol. The fraction of sp³-hybridized carbons (Fsp3) is 0.696. The van der Waals surface area contributed by atoms with Crippen LogP contribution in [0.5, 0.6) is 5.75 Å². The number of likely N-dealkylation sites (tertiary alicyclic amines) is 2. The van der Waals surface area contributed by atoms with Crippen molar-refractivity contribution < 1.29 is 4.74 Å². The number of nitrogens with one attached hydrogen (secondary N) is 1. The molecule has 0 amide bonds. The number of piperidine rings is 2. The Morgan fingerprint density at radius 3 is 2.43 bits per heavy atom.